The van der Waals surface area contributed by atoms with Gasteiger partial charge in [0.25, 0.3) is 0 Å². The van der Waals surface area contributed by atoms with E-state index in [1.807, 2.05) is 24.8 Å². The molecule has 0 unspecified atom stereocenters. The minimum Gasteiger partial charge on any atom is -0.508 e. The number of phenolic OH excluding ortho intramolecular Hbond substituents is 1. The smallest absolute Gasteiger partial charge is 0.119 e. The molecule has 0 bridgehead atoms. The number of hydrogen-bond donors (Lipinski definition) is 1. The van der Waals surface area contributed by atoms with Crippen LogP contribution >= 0.6 is 11.8 Å². The number of hydrogen-bond acceptors (Lipinski definition) is 2. The van der Waals surface area contributed by atoms with E-state index < -0.39 is 8.07 Å². The van der Waals surface area contributed by atoms with Crippen molar-refractivity contribution in [3.63, 3.8) is 0 Å². The fourth-order valence-electron chi connectivity index (χ4n) is 3.86. The fourth-order valence-corrected chi connectivity index (χ4v) is 11.7. The van der Waals surface area contributed by atoms with Crippen LogP contribution in [0.15, 0.2) is 41.3 Å². The predicted molar refractivity (Wildman–Crippen MR) is 115 cm³/mol. The Morgan fingerprint density at radius 1 is 0.920 bits per heavy atom. The molecule has 0 aliphatic carbocycles. The third-order valence-electron chi connectivity index (χ3n) is 5.33. The van der Waals surface area contributed by atoms with Crippen LogP contribution in [0.2, 0.25) is 12.1 Å². The molecule has 0 saturated carbocycles. The highest BCUT2D eigenvalue weighted by Crippen LogP contribution is 2.36. The molecule has 0 aliphatic rings. The molecule has 1 nitrogen and oxygen atoms in total. The van der Waals surface area contributed by atoms with Gasteiger partial charge in [-0.3, -0.25) is 0 Å². The molecule has 2 rings (SSSR count). The molecule has 3 heteroatoms. The number of aromatic hydroxyl groups is 1. The summed E-state index contributed by atoms with van der Waals surface area (Å²) >= 11 is 2.03. The van der Waals surface area contributed by atoms with Crippen LogP contribution in [-0.4, -0.2) is 18.6 Å². The van der Waals surface area contributed by atoms with Crippen molar-refractivity contribution in [2.45, 2.75) is 64.4 Å². The minimum absolute atomic E-state index is 0.424. The minimum atomic E-state index is -1.53. The Bertz CT molecular complexity index is 691. The second-order valence-corrected chi connectivity index (χ2v) is 13.2. The van der Waals surface area contributed by atoms with E-state index in [1.54, 1.807) is 5.19 Å². The average molecular weight is 373 g/mol. The van der Waals surface area contributed by atoms with Crippen LogP contribution in [0.25, 0.3) is 0 Å². The Balaban J connectivity index is 2.37. The van der Waals surface area contributed by atoms with Gasteiger partial charge in [-0.25, -0.2) is 0 Å². The van der Waals surface area contributed by atoms with E-state index in [9.17, 15) is 5.11 Å². The van der Waals surface area contributed by atoms with Crippen molar-refractivity contribution < 1.29 is 5.11 Å². The summed E-state index contributed by atoms with van der Waals surface area (Å²) in [7, 11) is -1.53. The maximum absolute atomic E-state index is 10.1. The van der Waals surface area contributed by atoms with Gasteiger partial charge in [0, 0.05) is 4.90 Å². The summed E-state index contributed by atoms with van der Waals surface area (Å²) in [6.07, 6.45) is 2.52. The van der Waals surface area contributed by atoms with Crippen LogP contribution in [0.5, 0.6) is 5.75 Å². The molecule has 25 heavy (non-hydrogen) atoms. The predicted octanol–water partition coefficient (Wildman–Crippen LogP) is 6.12. The summed E-state index contributed by atoms with van der Waals surface area (Å²) in [5.74, 6) is 0.424. The zero-order valence-electron chi connectivity index (χ0n) is 16.4. The third kappa shape index (κ3) is 4.51. The van der Waals surface area contributed by atoms with Gasteiger partial charge in [-0.15, -0.1) is 11.8 Å². The van der Waals surface area contributed by atoms with Gasteiger partial charge in [0.2, 0.25) is 0 Å². The van der Waals surface area contributed by atoms with Crippen LogP contribution in [-0.2, 0) is 0 Å². The summed E-state index contributed by atoms with van der Waals surface area (Å²) in [4.78, 5) is 1.37. The summed E-state index contributed by atoms with van der Waals surface area (Å²) in [5.41, 5.74) is 3.46. The van der Waals surface area contributed by atoms with E-state index in [0.717, 1.165) is 5.56 Å². The molecule has 2 aromatic rings. The molecule has 136 valence electrons. The molecular formula is C22H32OSSi. The Hall–Kier alpha value is -1.19. The summed E-state index contributed by atoms with van der Waals surface area (Å²) < 4.78 is 0. The number of aryl methyl sites for hydroxylation is 1. The van der Waals surface area contributed by atoms with E-state index in [0.29, 0.717) is 5.75 Å². The molecule has 2 aromatic carbocycles. The normalized spacial score (nSPS) is 11.7. The monoisotopic (exact) mass is 372 g/mol. The standard InChI is InChI=1S/C22H32OSSi/c1-6-13-25(14-7-2,20-11-9-8-10-12-20)16-24-22-17(3)15-21(23)18(4)19(22)5/h8-12,15,23H,6-7,13-14,16H2,1-5H3. The van der Waals surface area contributed by atoms with Crippen molar-refractivity contribution in [3.8, 4) is 5.75 Å². The highest BCUT2D eigenvalue weighted by Gasteiger charge is 2.33. The van der Waals surface area contributed by atoms with Gasteiger partial charge in [-0.2, -0.15) is 0 Å². The topological polar surface area (TPSA) is 20.2 Å². The zero-order valence-corrected chi connectivity index (χ0v) is 18.2. The first-order valence-electron chi connectivity index (χ1n) is 9.43. The second kappa shape index (κ2) is 8.95. The van der Waals surface area contributed by atoms with Gasteiger partial charge in [-0.05, 0) is 48.9 Å². The maximum atomic E-state index is 10.1. The molecule has 0 atom stereocenters. The lowest BCUT2D eigenvalue weighted by molar-refractivity contribution is 0.469. The van der Waals surface area contributed by atoms with Crippen molar-refractivity contribution in [1.29, 1.82) is 0 Å². The molecular weight excluding hydrogens is 340 g/mol. The summed E-state index contributed by atoms with van der Waals surface area (Å²) in [6.45, 7) is 10.9. The van der Waals surface area contributed by atoms with Crippen molar-refractivity contribution in [3.05, 3.63) is 53.1 Å². The lowest BCUT2D eigenvalue weighted by atomic mass is 10.1. The van der Waals surface area contributed by atoms with Crippen molar-refractivity contribution in [2.24, 2.45) is 0 Å². The van der Waals surface area contributed by atoms with Gasteiger partial charge in [0.15, 0.2) is 0 Å². The molecule has 0 saturated heterocycles. The van der Waals surface area contributed by atoms with Crippen LogP contribution in [0.4, 0.5) is 0 Å². The highest BCUT2D eigenvalue weighted by atomic mass is 32.2. The number of thioether (sulfide) groups is 1. The first kappa shape index (κ1) is 20.1. The van der Waals surface area contributed by atoms with E-state index in [4.69, 9.17) is 0 Å². The second-order valence-electron chi connectivity index (χ2n) is 7.23. The van der Waals surface area contributed by atoms with Gasteiger partial charge >= 0.3 is 0 Å². The molecule has 0 aliphatic heterocycles. The van der Waals surface area contributed by atoms with Gasteiger partial charge in [0.1, 0.15) is 5.75 Å². The first-order valence-corrected chi connectivity index (χ1v) is 13.0. The lowest BCUT2D eigenvalue weighted by Gasteiger charge is -2.32. The fraction of sp³-hybridized carbons (Fsp3) is 0.455. The Kier molecular flexibility index (Phi) is 7.21. The highest BCUT2D eigenvalue weighted by molar-refractivity contribution is 8.01. The van der Waals surface area contributed by atoms with Gasteiger partial charge in [-0.1, -0.05) is 74.3 Å². The molecule has 0 amide bonds. The molecule has 0 fully saturated rings. The van der Waals surface area contributed by atoms with Crippen molar-refractivity contribution in [2.75, 3.05) is 5.38 Å². The van der Waals surface area contributed by atoms with Crippen LogP contribution in [0.3, 0.4) is 0 Å². The molecule has 0 radical (unpaired) electrons. The SMILES string of the molecule is CCC[Si](CCC)(CSc1c(C)cc(O)c(C)c1C)c1ccccc1. The Morgan fingerprint density at radius 2 is 1.52 bits per heavy atom. The van der Waals surface area contributed by atoms with Crippen molar-refractivity contribution >= 4 is 25.0 Å². The molecule has 1 N–H and O–H groups in total. The van der Waals surface area contributed by atoms with Crippen LogP contribution in [0.1, 0.15) is 43.4 Å². The molecule has 0 heterocycles. The first-order chi connectivity index (χ1) is 11.9. The lowest BCUT2D eigenvalue weighted by Crippen LogP contribution is -2.50. The zero-order chi connectivity index (χ0) is 18.4. The number of phenols is 1. The van der Waals surface area contributed by atoms with E-state index in [-0.39, 0.29) is 0 Å². The van der Waals surface area contributed by atoms with Gasteiger partial charge in [0.05, 0.1) is 8.07 Å². The summed E-state index contributed by atoms with van der Waals surface area (Å²) in [6, 6.07) is 15.9. The van der Waals surface area contributed by atoms with Gasteiger partial charge < -0.3 is 5.11 Å². The third-order valence-corrected chi connectivity index (χ3v) is 13.5. The quantitative estimate of drug-likeness (QED) is 0.444. The Morgan fingerprint density at radius 3 is 2.08 bits per heavy atom. The number of rotatable bonds is 8. The molecule has 0 aromatic heterocycles. The molecule has 0 spiro atoms. The van der Waals surface area contributed by atoms with Crippen molar-refractivity contribution in [1.82, 2.24) is 0 Å². The van der Waals surface area contributed by atoms with E-state index in [1.165, 1.54) is 46.3 Å². The largest absolute Gasteiger partial charge is 0.508 e. The average Bonchev–Trinajstić information content (AvgIpc) is 2.60. The van der Waals surface area contributed by atoms with Crippen LogP contribution in [0, 0.1) is 20.8 Å². The maximum Gasteiger partial charge on any atom is 0.119 e. The summed E-state index contributed by atoms with van der Waals surface area (Å²) in [5, 5.41) is 12.9. The number of benzene rings is 2. The van der Waals surface area contributed by atoms with Crippen LogP contribution < -0.4 is 5.19 Å². The Labute approximate surface area is 158 Å². The van der Waals surface area contributed by atoms with E-state index >= 15 is 0 Å². The van der Waals surface area contributed by atoms with E-state index in [2.05, 4.69) is 58.0 Å².